The summed E-state index contributed by atoms with van der Waals surface area (Å²) >= 11 is 6.28. The second-order valence-electron chi connectivity index (χ2n) is 11.7. The predicted octanol–water partition coefficient (Wildman–Crippen LogP) is 5.32. The number of hydrogen-bond acceptors (Lipinski definition) is 6. The minimum Gasteiger partial charge on any atom is -0.508 e. The molecule has 44 heavy (non-hydrogen) atoms. The first-order valence-electron chi connectivity index (χ1n) is 15.4. The van der Waals surface area contributed by atoms with E-state index in [1.54, 1.807) is 24.3 Å². The van der Waals surface area contributed by atoms with Gasteiger partial charge in [0.1, 0.15) is 23.1 Å². The molecular formula is C34H41ClF2N4O3. The number of benzene rings is 3. The molecule has 2 aliphatic rings. The summed E-state index contributed by atoms with van der Waals surface area (Å²) in [4.78, 5) is 19.7. The second-order valence-corrected chi connectivity index (χ2v) is 12.1. The highest BCUT2D eigenvalue weighted by Crippen LogP contribution is 2.32. The summed E-state index contributed by atoms with van der Waals surface area (Å²) in [6, 6.07) is 13.8. The summed E-state index contributed by atoms with van der Waals surface area (Å²) < 4.78 is 34.7. The highest BCUT2D eigenvalue weighted by molar-refractivity contribution is 6.30. The van der Waals surface area contributed by atoms with E-state index in [4.69, 9.17) is 22.1 Å². The lowest BCUT2D eigenvalue weighted by Crippen LogP contribution is -2.55. The quantitative estimate of drug-likeness (QED) is 0.317. The van der Waals surface area contributed by atoms with Gasteiger partial charge in [0.2, 0.25) is 5.91 Å². The molecule has 2 saturated heterocycles. The van der Waals surface area contributed by atoms with Crippen molar-refractivity contribution in [3.8, 4) is 22.6 Å². The smallest absolute Gasteiger partial charge is 0.239 e. The van der Waals surface area contributed by atoms with Crippen LogP contribution in [0.25, 0.3) is 11.1 Å². The Morgan fingerprint density at radius 3 is 2.45 bits per heavy atom. The van der Waals surface area contributed by atoms with Crippen LogP contribution in [0, 0.1) is 17.6 Å². The molecule has 5 rings (SSSR count). The second kappa shape index (κ2) is 14.7. The number of rotatable bonds is 10. The van der Waals surface area contributed by atoms with Crippen LogP contribution < -0.4 is 10.5 Å². The number of carbonyl (C=O) groups is 1. The molecule has 2 aliphatic heterocycles. The van der Waals surface area contributed by atoms with Gasteiger partial charge in [-0.05, 0) is 98.8 Å². The fourth-order valence-electron chi connectivity index (χ4n) is 6.31. The van der Waals surface area contributed by atoms with E-state index in [0.29, 0.717) is 73.2 Å². The van der Waals surface area contributed by atoms with Gasteiger partial charge >= 0.3 is 0 Å². The lowest BCUT2D eigenvalue weighted by atomic mass is 9.88. The zero-order valence-electron chi connectivity index (χ0n) is 25.2. The van der Waals surface area contributed by atoms with Gasteiger partial charge < -0.3 is 25.4 Å². The summed E-state index contributed by atoms with van der Waals surface area (Å²) in [5, 5.41) is 10.5. The zero-order chi connectivity index (χ0) is 31.2. The van der Waals surface area contributed by atoms with Gasteiger partial charge in [-0.3, -0.25) is 9.69 Å². The van der Waals surface area contributed by atoms with E-state index >= 15 is 0 Å². The van der Waals surface area contributed by atoms with Crippen LogP contribution in [0.3, 0.4) is 0 Å². The minimum atomic E-state index is -0.548. The number of piperazine rings is 1. The molecule has 1 unspecified atom stereocenters. The average molecular weight is 627 g/mol. The molecule has 10 heteroatoms. The number of amides is 1. The van der Waals surface area contributed by atoms with Gasteiger partial charge in [-0.25, -0.2) is 8.78 Å². The van der Waals surface area contributed by atoms with Crippen molar-refractivity contribution in [1.82, 2.24) is 14.7 Å². The predicted molar refractivity (Wildman–Crippen MR) is 169 cm³/mol. The van der Waals surface area contributed by atoms with Gasteiger partial charge in [0, 0.05) is 55.4 Å². The molecule has 0 spiro atoms. The number of piperidine rings is 1. The molecule has 1 amide bonds. The zero-order valence-corrected chi connectivity index (χ0v) is 25.9. The summed E-state index contributed by atoms with van der Waals surface area (Å²) in [7, 11) is 0. The molecule has 3 aromatic rings. The van der Waals surface area contributed by atoms with Crippen molar-refractivity contribution in [2.75, 3.05) is 52.4 Å². The summed E-state index contributed by atoms with van der Waals surface area (Å²) in [6.45, 7) is 7.61. The Bertz CT molecular complexity index is 1440. The number of nitrogens with zero attached hydrogens (tertiary/aromatic N) is 3. The normalized spacial score (nSPS) is 17.5. The lowest BCUT2D eigenvalue weighted by molar-refractivity contribution is -0.136. The Labute approximate surface area is 263 Å². The molecule has 3 aromatic carbocycles. The largest absolute Gasteiger partial charge is 0.508 e. The van der Waals surface area contributed by atoms with Crippen molar-refractivity contribution in [1.29, 1.82) is 0 Å². The van der Waals surface area contributed by atoms with Crippen molar-refractivity contribution >= 4 is 17.5 Å². The van der Waals surface area contributed by atoms with Crippen molar-refractivity contribution in [3.63, 3.8) is 0 Å². The number of nitrogens with two attached hydrogens (primary N) is 1. The number of carbonyl (C=O) groups excluding carboxylic acids is 1. The van der Waals surface area contributed by atoms with Crippen molar-refractivity contribution in [3.05, 3.63) is 82.4 Å². The van der Waals surface area contributed by atoms with E-state index in [1.807, 2.05) is 17.9 Å². The van der Waals surface area contributed by atoms with E-state index in [1.165, 1.54) is 24.3 Å². The van der Waals surface area contributed by atoms with Gasteiger partial charge in [0.25, 0.3) is 0 Å². The van der Waals surface area contributed by atoms with Crippen LogP contribution in [0.15, 0.2) is 54.6 Å². The maximum Gasteiger partial charge on any atom is 0.239 e. The maximum atomic E-state index is 14.6. The van der Waals surface area contributed by atoms with Crippen LogP contribution in [-0.4, -0.2) is 84.2 Å². The molecule has 0 bridgehead atoms. The topological polar surface area (TPSA) is 82.3 Å². The van der Waals surface area contributed by atoms with Crippen molar-refractivity contribution < 1.29 is 23.4 Å². The van der Waals surface area contributed by atoms with Crippen LogP contribution in [0.4, 0.5) is 8.78 Å². The van der Waals surface area contributed by atoms with Crippen LogP contribution >= 0.6 is 11.6 Å². The summed E-state index contributed by atoms with van der Waals surface area (Å²) in [5.41, 5.74) is 9.07. The molecule has 0 aromatic heterocycles. The Morgan fingerprint density at radius 2 is 1.73 bits per heavy atom. The Balaban J connectivity index is 1.10. The highest BCUT2D eigenvalue weighted by atomic mass is 35.5. The molecule has 0 aliphatic carbocycles. The monoisotopic (exact) mass is 626 g/mol. The van der Waals surface area contributed by atoms with Gasteiger partial charge in [-0.1, -0.05) is 23.7 Å². The number of aromatic hydroxyl groups is 1. The van der Waals surface area contributed by atoms with Gasteiger partial charge in [-0.15, -0.1) is 0 Å². The first-order valence-corrected chi connectivity index (χ1v) is 15.8. The number of phenols is 1. The first kappa shape index (κ1) is 32.2. The van der Waals surface area contributed by atoms with E-state index in [-0.39, 0.29) is 23.4 Å². The third-order valence-corrected chi connectivity index (χ3v) is 9.11. The van der Waals surface area contributed by atoms with Crippen LogP contribution in [0.1, 0.15) is 30.9 Å². The molecule has 3 N–H and O–H groups in total. The van der Waals surface area contributed by atoms with E-state index in [0.717, 1.165) is 38.0 Å². The molecule has 7 nitrogen and oxygen atoms in total. The van der Waals surface area contributed by atoms with Crippen molar-refractivity contribution in [2.24, 2.45) is 11.7 Å². The molecule has 2 fully saturated rings. The standard InChI is InChI=1S/C34H41ClF2N4O3/c1-2-44-32-5-3-4-30(36)29(32)22-40-16-18-41(19-17-40)34(43)33(38)23-10-13-39(14-11-23)15-12-24-20-25(35)6-8-27(24)28-21-26(42)7-9-31(28)37/h3-9,20-21,23,33,42H,2,10-19,22,38H2,1H3. The molecule has 236 valence electrons. The van der Waals surface area contributed by atoms with E-state index in [9.17, 15) is 18.7 Å². The summed E-state index contributed by atoms with van der Waals surface area (Å²) in [6.07, 6.45) is 2.32. The average Bonchev–Trinajstić information content (AvgIpc) is 3.03. The van der Waals surface area contributed by atoms with E-state index < -0.39 is 11.9 Å². The Hall–Kier alpha value is -3.24. The highest BCUT2D eigenvalue weighted by Gasteiger charge is 2.33. The molecule has 0 radical (unpaired) electrons. The fourth-order valence-corrected chi connectivity index (χ4v) is 6.51. The summed E-state index contributed by atoms with van der Waals surface area (Å²) in [5.74, 6) is -0.00407. The van der Waals surface area contributed by atoms with Gasteiger partial charge in [-0.2, -0.15) is 0 Å². The number of ether oxygens (including phenoxy) is 1. The lowest BCUT2D eigenvalue weighted by Gasteiger charge is -2.39. The SMILES string of the molecule is CCOc1cccc(F)c1CN1CCN(C(=O)C(N)C2CCN(CCc3cc(Cl)ccc3-c3cc(O)ccc3F)CC2)CC1. The van der Waals surface area contributed by atoms with E-state index in [2.05, 4.69) is 9.80 Å². The minimum absolute atomic E-state index is 0.0100. The van der Waals surface area contributed by atoms with Crippen LogP contribution in [0.5, 0.6) is 11.5 Å². The first-order chi connectivity index (χ1) is 21.2. The van der Waals surface area contributed by atoms with Gasteiger partial charge in [0.15, 0.2) is 0 Å². The fraction of sp³-hybridized carbons (Fsp3) is 0.441. The molecular weight excluding hydrogens is 586 g/mol. The van der Waals surface area contributed by atoms with Crippen molar-refractivity contribution in [2.45, 2.75) is 38.8 Å². The molecule has 1 atom stereocenters. The maximum absolute atomic E-state index is 14.6. The van der Waals surface area contributed by atoms with Crippen LogP contribution in [0.2, 0.25) is 5.02 Å². The molecule has 0 saturated carbocycles. The Kier molecular flexibility index (Phi) is 10.7. The van der Waals surface area contributed by atoms with Crippen LogP contribution in [-0.2, 0) is 17.8 Å². The third kappa shape index (κ3) is 7.69. The van der Waals surface area contributed by atoms with Gasteiger partial charge in [0.05, 0.1) is 12.6 Å². The number of hydrogen-bond donors (Lipinski definition) is 2. The third-order valence-electron chi connectivity index (χ3n) is 8.87. The number of halogens is 3. The Morgan fingerprint density at radius 1 is 0.977 bits per heavy atom. The number of phenolic OH excluding ortho intramolecular Hbond substituents is 1. The number of likely N-dealkylation sites (tertiary alicyclic amines) is 1. The molecule has 2 heterocycles.